The summed E-state index contributed by atoms with van der Waals surface area (Å²) in [6, 6.07) is 6.92. The molecule has 3 heterocycles. The van der Waals surface area contributed by atoms with Crippen molar-refractivity contribution in [2.24, 2.45) is 0 Å². The minimum Gasteiger partial charge on any atom is -0.378 e. The van der Waals surface area contributed by atoms with Crippen LogP contribution in [0.2, 0.25) is 0 Å². The van der Waals surface area contributed by atoms with E-state index in [1.165, 1.54) is 12.1 Å². The molecule has 8 heteroatoms. The molecule has 0 radical (unpaired) electrons. The fraction of sp³-hybridized carbons (Fsp3) is 0.286. The minimum atomic E-state index is -2.88. The summed E-state index contributed by atoms with van der Waals surface area (Å²) in [6.07, 6.45) is 1.58. The molecule has 1 atom stereocenters. The second-order valence-corrected chi connectivity index (χ2v) is 6.98. The van der Waals surface area contributed by atoms with E-state index >= 15 is 0 Å². The van der Waals surface area contributed by atoms with Gasteiger partial charge in [0.05, 0.1) is 23.3 Å². The number of nitrogens with zero attached hydrogens (tertiary/aromatic N) is 3. The largest absolute Gasteiger partial charge is 0.378 e. The first-order valence-corrected chi connectivity index (χ1v) is 9.34. The van der Waals surface area contributed by atoms with E-state index in [9.17, 15) is 18.0 Å². The Morgan fingerprint density at radius 3 is 2.69 bits per heavy atom. The molecule has 1 fully saturated rings. The lowest BCUT2D eigenvalue weighted by Crippen LogP contribution is -2.24. The van der Waals surface area contributed by atoms with Crippen LogP contribution in [0.15, 0.2) is 42.7 Å². The SMILES string of the molecule is C[C@@H](Nc1ccnc2cnc(N3CCCC3=O)cc12)c1cccc(C(F)F)c1F. The summed E-state index contributed by atoms with van der Waals surface area (Å²) in [4.78, 5) is 22.3. The molecule has 4 rings (SSSR count). The van der Waals surface area contributed by atoms with E-state index in [2.05, 4.69) is 15.3 Å². The lowest BCUT2D eigenvalue weighted by atomic mass is 10.0. The number of hydrogen-bond donors (Lipinski definition) is 1. The van der Waals surface area contributed by atoms with Crippen LogP contribution in [0.1, 0.15) is 43.4 Å². The smallest absolute Gasteiger partial charge is 0.266 e. The van der Waals surface area contributed by atoms with Gasteiger partial charge in [-0.3, -0.25) is 14.7 Å². The highest BCUT2D eigenvalue weighted by Gasteiger charge is 2.24. The van der Waals surface area contributed by atoms with Crippen molar-refractivity contribution in [3.8, 4) is 0 Å². The van der Waals surface area contributed by atoms with Gasteiger partial charge in [-0.15, -0.1) is 0 Å². The number of rotatable bonds is 5. The topological polar surface area (TPSA) is 58.1 Å². The average Bonchev–Trinajstić information content (AvgIpc) is 3.13. The van der Waals surface area contributed by atoms with Gasteiger partial charge < -0.3 is 5.32 Å². The molecule has 150 valence electrons. The minimum absolute atomic E-state index is 0.0227. The quantitative estimate of drug-likeness (QED) is 0.654. The summed E-state index contributed by atoms with van der Waals surface area (Å²) >= 11 is 0. The van der Waals surface area contributed by atoms with E-state index in [-0.39, 0.29) is 11.5 Å². The van der Waals surface area contributed by atoms with Crippen LogP contribution in [0.4, 0.5) is 24.7 Å². The third-order valence-corrected chi connectivity index (χ3v) is 5.10. The van der Waals surface area contributed by atoms with Gasteiger partial charge in [0.1, 0.15) is 11.6 Å². The molecule has 1 aliphatic rings. The van der Waals surface area contributed by atoms with E-state index in [4.69, 9.17) is 0 Å². The van der Waals surface area contributed by atoms with Gasteiger partial charge in [0.2, 0.25) is 5.91 Å². The molecular formula is C21H19F3N4O. The monoisotopic (exact) mass is 400 g/mol. The molecule has 0 spiro atoms. The number of anilines is 2. The number of hydrogen-bond acceptors (Lipinski definition) is 4. The summed E-state index contributed by atoms with van der Waals surface area (Å²) in [6.45, 7) is 2.31. The van der Waals surface area contributed by atoms with Crippen LogP contribution in [0.5, 0.6) is 0 Å². The number of halogens is 3. The second-order valence-electron chi connectivity index (χ2n) is 6.98. The number of nitrogens with one attached hydrogen (secondary N) is 1. The van der Waals surface area contributed by atoms with Gasteiger partial charge in [-0.1, -0.05) is 18.2 Å². The van der Waals surface area contributed by atoms with Crippen molar-refractivity contribution in [2.45, 2.75) is 32.2 Å². The van der Waals surface area contributed by atoms with Gasteiger partial charge in [0, 0.05) is 35.8 Å². The number of aromatic nitrogens is 2. The van der Waals surface area contributed by atoms with Gasteiger partial charge in [-0.25, -0.2) is 18.2 Å². The number of carbonyl (C=O) groups is 1. The Morgan fingerprint density at radius 2 is 1.97 bits per heavy atom. The normalized spacial score (nSPS) is 15.3. The van der Waals surface area contributed by atoms with Gasteiger partial charge in [-0.05, 0) is 25.5 Å². The maximum Gasteiger partial charge on any atom is 0.266 e. The van der Waals surface area contributed by atoms with Crippen molar-refractivity contribution < 1.29 is 18.0 Å². The number of amides is 1. The fourth-order valence-electron chi connectivity index (χ4n) is 3.58. The zero-order valence-electron chi connectivity index (χ0n) is 15.7. The van der Waals surface area contributed by atoms with Crippen LogP contribution in [0, 0.1) is 5.82 Å². The van der Waals surface area contributed by atoms with E-state index in [0.717, 1.165) is 17.9 Å². The van der Waals surface area contributed by atoms with E-state index < -0.39 is 23.8 Å². The average molecular weight is 400 g/mol. The number of pyridine rings is 2. The van der Waals surface area contributed by atoms with Crippen molar-refractivity contribution in [2.75, 3.05) is 16.8 Å². The molecule has 0 unspecified atom stereocenters. The molecule has 1 aromatic carbocycles. The lowest BCUT2D eigenvalue weighted by Gasteiger charge is -2.20. The van der Waals surface area contributed by atoms with Gasteiger partial charge in [0.15, 0.2) is 0 Å². The maximum absolute atomic E-state index is 14.5. The molecule has 0 saturated carbocycles. The number of benzene rings is 1. The molecule has 1 aliphatic heterocycles. The first-order valence-electron chi connectivity index (χ1n) is 9.34. The van der Waals surface area contributed by atoms with Crippen LogP contribution in [0.25, 0.3) is 10.9 Å². The lowest BCUT2D eigenvalue weighted by molar-refractivity contribution is -0.117. The summed E-state index contributed by atoms with van der Waals surface area (Å²) in [5.41, 5.74) is 0.797. The Morgan fingerprint density at radius 1 is 1.17 bits per heavy atom. The summed E-state index contributed by atoms with van der Waals surface area (Å²) in [5, 5.41) is 3.90. The van der Waals surface area contributed by atoms with Crippen molar-refractivity contribution in [1.29, 1.82) is 0 Å². The molecular weight excluding hydrogens is 381 g/mol. The van der Waals surface area contributed by atoms with Crippen LogP contribution in [0.3, 0.4) is 0 Å². The number of fused-ring (bicyclic) bond motifs is 1. The number of alkyl halides is 2. The first-order chi connectivity index (χ1) is 14.0. The van der Waals surface area contributed by atoms with Gasteiger partial charge >= 0.3 is 0 Å². The van der Waals surface area contributed by atoms with Crippen molar-refractivity contribution in [3.63, 3.8) is 0 Å². The summed E-state index contributed by atoms with van der Waals surface area (Å²) in [5.74, 6) is -0.352. The Hall–Kier alpha value is -3.16. The van der Waals surface area contributed by atoms with Crippen molar-refractivity contribution >= 4 is 28.3 Å². The summed E-state index contributed by atoms with van der Waals surface area (Å²) < 4.78 is 40.6. The van der Waals surface area contributed by atoms with Crippen molar-refractivity contribution in [1.82, 2.24) is 9.97 Å². The van der Waals surface area contributed by atoms with Crippen LogP contribution in [-0.2, 0) is 4.79 Å². The molecule has 3 aromatic rings. The Kier molecular flexibility index (Phi) is 5.08. The maximum atomic E-state index is 14.5. The van der Waals surface area contributed by atoms with E-state index in [1.54, 1.807) is 36.4 Å². The van der Waals surface area contributed by atoms with E-state index in [0.29, 0.717) is 30.0 Å². The molecule has 5 nitrogen and oxygen atoms in total. The van der Waals surface area contributed by atoms with Crippen molar-refractivity contribution in [3.05, 3.63) is 59.7 Å². The van der Waals surface area contributed by atoms with Crippen LogP contribution >= 0.6 is 0 Å². The van der Waals surface area contributed by atoms with Crippen LogP contribution < -0.4 is 10.2 Å². The standard InChI is InChI=1S/C21H19F3N4O/c1-12(13-4-2-5-14(20(13)22)21(23)24)27-16-7-8-25-17-11-26-18(10-15(16)17)28-9-3-6-19(28)29/h2,4-5,7-8,10-12,21H,3,6,9H2,1H3,(H,25,27)/t12-/m1/s1. The van der Waals surface area contributed by atoms with Gasteiger partial charge in [-0.2, -0.15) is 0 Å². The summed E-state index contributed by atoms with van der Waals surface area (Å²) in [7, 11) is 0. The molecule has 2 aromatic heterocycles. The second kappa shape index (κ2) is 7.69. The third kappa shape index (κ3) is 3.62. The Balaban J connectivity index is 1.69. The molecule has 29 heavy (non-hydrogen) atoms. The Bertz CT molecular complexity index is 1070. The van der Waals surface area contributed by atoms with E-state index in [1.807, 2.05) is 0 Å². The highest BCUT2D eigenvalue weighted by Crippen LogP contribution is 2.32. The molecule has 1 N–H and O–H groups in total. The number of carbonyl (C=O) groups excluding carboxylic acids is 1. The zero-order valence-corrected chi connectivity index (χ0v) is 15.7. The van der Waals surface area contributed by atoms with Gasteiger partial charge in [0.25, 0.3) is 6.43 Å². The first kappa shape index (κ1) is 19.2. The Labute approximate surface area is 165 Å². The fourth-order valence-corrected chi connectivity index (χ4v) is 3.58. The molecule has 0 aliphatic carbocycles. The van der Waals surface area contributed by atoms with Crippen LogP contribution in [-0.4, -0.2) is 22.4 Å². The highest BCUT2D eigenvalue weighted by molar-refractivity contribution is 5.98. The highest BCUT2D eigenvalue weighted by atomic mass is 19.3. The predicted octanol–water partition coefficient (Wildman–Crippen LogP) is 5.01. The molecule has 1 saturated heterocycles. The zero-order chi connectivity index (χ0) is 20.5. The molecule has 1 amide bonds. The predicted molar refractivity (Wildman–Crippen MR) is 105 cm³/mol. The third-order valence-electron chi connectivity index (χ3n) is 5.10. The molecule has 0 bridgehead atoms.